The normalized spacial score (nSPS) is 37.2. The van der Waals surface area contributed by atoms with Gasteiger partial charge in [-0.1, -0.05) is 6.08 Å². The zero-order chi connectivity index (χ0) is 7.78. The lowest BCUT2D eigenvalue weighted by Gasteiger charge is -2.07. The third kappa shape index (κ3) is 0.879. The van der Waals surface area contributed by atoms with E-state index in [4.69, 9.17) is 11.8 Å². The fraction of sp³-hybridized carbons (Fsp3) is 0.571. The molecule has 0 aromatic heterocycles. The van der Waals surface area contributed by atoms with E-state index in [9.17, 15) is 4.79 Å². The Hall–Kier alpha value is -0.340. The van der Waals surface area contributed by atoms with E-state index in [1.54, 1.807) is 13.0 Å². The molecule has 1 aliphatic rings. The highest BCUT2D eigenvalue weighted by Gasteiger charge is 2.56. The lowest BCUT2D eigenvalue weighted by Crippen LogP contribution is -2.33. The highest BCUT2D eigenvalue weighted by Crippen LogP contribution is 2.45. The molecule has 0 radical (unpaired) electrons. The Labute approximate surface area is 65.4 Å². The molecule has 0 aromatic carbocycles. The van der Waals surface area contributed by atoms with Crippen molar-refractivity contribution >= 4 is 17.6 Å². The molecule has 1 fully saturated rings. The van der Waals surface area contributed by atoms with Crippen LogP contribution in [0.4, 0.5) is 0 Å². The zero-order valence-electron chi connectivity index (χ0n) is 5.86. The van der Waals surface area contributed by atoms with Crippen molar-refractivity contribution in [3.8, 4) is 0 Å². The summed E-state index contributed by atoms with van der Waals surface area (Å²) in [5.41, 5.74) is -0.483. The number of ketones is 1. The first-order chi connectivity index (χ1) is 4.67. The van der Waals surface area contributed by atoms with Crippen molar-refractivity contribution in [1.29, 1.82) is 0 Å². The highest BCUT2D eigenvalue weighted by molar-refractivity contribution is 6.16. The molecule has 0 aromatic rings. The maximum absolute atomic E-state index is 10.9. The summed E-state index contributed by atoms with van der Waals surface area (Å²) in [5.74, 6) is 0.315. The monoisotopic (exact) mass is 159 g/mol. The topological polar surface area (TPSA) is 29.1 Å². The zero-order valence-corrected chi connectivity index (χ0v) is 6.61. The second kappa shape index (κ2) is 2.36. The van der Waals surface area contributed by atoms with E-state index in [-0.39, 0.29) is 11.7 Å². The molecule has 1 N–H and O–H groups in total. The molecule has 56 valence electrons. The smallest absolute Gasteiger partial charge is 0.151 e. The van der Waals surface area contributed by atoms with Gasteiger partial charge in [-0.3, -0.25) is 4.79 Å². The highest BCUT2D eigenvalue weighted by atomic mass is 35.5. The Kier molecular flexibility index (Phi) is 1.84. The molecule has 0 spiro atoms. The van der Waals surface area contributed by atoms with Gasteiger partial charge in [-0.25, -0.2) is 4.84 Å². The molecule has 0 bridgehead atoms. The van der Waals surface area contributed by atoms with E-state index < -0.39 is 5.54 Å². The van der Waals surface area contributed by atoms with Crippen LogP contribution in [0.15, 0.2) is 12.7 Å². The van der Waals surface area contributed by atoms with E-state index in [1.807, 2.05) is 0 Å². The van der Waals surface area contributed by atoms with Crippen molar-refractivity contribution in [3.63, 3.8) is 0 Å². The van der Waals surface area contributed by atoms with Gasteiger partial charge in [0.1, 0.15) is 0 Å². The van der Waals surface area contributed by atoms with E-state index in [0.29, 0.717) is 0 Å². The summed E-state index contributed by atoms with van der Waals surface area (Å²) in [7, 11) is 0. The van der Waals surface area contributed by atoms with Crippen LogP contribution in [-0.2, 0) is 4.79 Å². The minimum atomic E-state index is -0.483. The lowest BCUT2D eigenvalue weighted by atomic mass is 10.1. The minimum Gasteiger partial charge on any atom is -0.298 e. The maximum atomic E-state index is 10.9. The molecule has 1 rings (SSSR count). The van der Waals surface area contributed by atoms with Gasteiger partial charge < -0.3 is 0 Å². The molecular formula is C7H10ClNO. The van der Waals surface area contributed by atoms with Crippen molar-refractivity contribution < 1.29 is 4.79 Å². The Morgan fingerprint density at radius 1 is 2.00 bits per heavy atom. The van der Waals surface area contributed by atoms with Crippen LogP contribution in [0.2, 0.25) is 0 Å². The largest absolute Gasteiger partial charge is 0.298 e. The third-order valence-corrected chi connectivity index (χ3v) is 2.43. The van der Waals surface area contributed by atoms with Crippen molar-refractivity contribution in [2.45, 2.75) is 18.9 Å². The molecule has 2 atom stereocenters. The summed E-state index contributed by atoms with van der Waals surface area (Å²) in [6, 6.07) is 0. The van der Waals surface area contributed by atoms with Crippen LogP contribution in [0.25, 0.3) is 0 Å². The van der Waals surface area contributed by atoms with Crippen molar-refractivity contribution in [1.82, 2.24) is 4.84 Å². The predicted octanol–water partition coefficient (Wildman–Crippen LogP) is 1.26. The SMILES string of the molecule is C=CC1C[C@]1(NCl)C(C)=O. The van der Waals surface area contributed by atoms with Crippen LogP contribution in [0.3, 0.4) is 0 Å². The molecule has 3 heteroatoms. The van der Waals surface area contributed by atoms with E-state index in [0.717, 1.165) is 6.42 Å². The van der Waals surface area contributed by atoms with Crippen LogP contribution >= 0.6 is 11.8 Å². The standard InChI is InChI=1S/C7H10ClNO/c1-3-6-4-7(6,9-8)5(2)10/h3,6,9H,1,4H2,2H3/t6?,7-/m0/s1. The average Bonchev–Trinajstić information content (AvgIpc) is 2.62. The number of carbonyl (C=O) groups is 1. The quantitative estimate of drug-likeness (QED) is 0.496. The van der Waals surface area contributed by atoms with Crippen molar-refractivity contribution in [2.75, 3.05) is 0 Å². The summed E-state index contributed by atoms with van der Waals surface area (Å²) in [5, 5.41) is 0. The number of hydrogen-bond acceptors (Lipinski definition) is 2. The fourth-order valence-corrected chi connectivity index (χ4v) is 1.50. The van der Waals surface area contributed by atoms with E-state index in [1.165, 1.54) is 0 Å². The fourth-order valence-electron chi connectivity index (χ4n) is 1.15. The summed E-state index contributed by atoms with van der Waals surface area (Å²) < 4.78 is 0. The van der Waals surface area contributed by atoms with Gasteiger partial charge in [0.15, 0.2) is 5.78 Å². The summed E-state index contributed by atoms with van der Waals surface area (Å²) >= 11 is 5.41. The first kappa shape index (κ1) is 7.76. The van der Waals surface area contributed by atoms with Gasteiger partial charge in [-0.05, 0) is 25.1 Å². The van der Waals surface area contributed by atoms with Crippen LogP contribution in [0.5, 0.6) is 0 Å². The van der Waals surface area contributed by atoms with Gasteiger partial charge in [0.2, 0.25) is 0 Å². The molecule has 1 aliphatic carbocycles. The molecule has 0 heterocycles. The summed E-state index contributed by atoms with van der Waals surface area (Å²) in [4.78, 5) is 13.4. The lowest BCUT2D eigenvalue weighted by molar-refractivity contribution is -0.119. The van der Waals surface area contributed by atoms with Crippen molar-refractivity contribution in [2.24, 2.45) is 5.92 Å². The third-order valence-electron chi connectivity index (χ3n) is 2.10. The number of rotatable bonds is 3. The predicted molar refractivity (Wildman–Crippen MR) is 40.7 cm³/mol. The Bertz CT molecular complexity index is 180. The van der Waals surface area contributed by atoms with Gasteiger partial charge in [-0.15, -0.1) is 6.58 Å². The molecule has 1 saturated carbocycles. The minimum absolute atomic E-state index is 0.0902. The molecule has 1 unspecified atom stereocenters. The number of Topliss-reactive ketones (excluding diaryl/α,β-unsaturated/α-hetero) is 1. The first-order valence-corrected chi connectivity index (χ1v) is 3.56. The van der Waals surface area contributed by atoms with Gasteiger partial charge in [0.05, 0.1) is 5.54 Å². The van der Waals surface area contributed by atoms with Gasteiger partial charge in [0, 0.05) is 5.92 Å². The number of halogens is 1. The Balaban J connectivity index is 2.67. The van der Waals surface area contributed by atoms with Gasteiger partial charge in [-0.2, -0.15) is 0 Å². The average molecular weight is 160 g/mol. The molecule has 2 nitrogen and oxygen atoms in total. The maximum Gasteiger partial charge on any atom is 0.151 e. The van der Waals surface area contributed by atoms with E-state index in [2.05, 4.69) is 11.4 Å². The van der Waals surface area contributed by atoms with Crippen LogP contribution in [0.1, 0.15) is 13.3 Å². The Morgan fingerprint density at radius 3 is 2.70 bits per heavy atom. The van der Waals surface area contributed by atoms with Crippen LogP contribution in [-0.4, -0.2) is 11.3 Å². The second-order valence-corrected chi connectivity index (χ2v) is 2.86. The van der Waals surface area contributed by atoms with Gasteiger partial charge in [0.25, 0.3) is 0 Å². The second-order valence-electron chi connectivity index (χ2n) is 2.67. The number of carbonyl (C=O) groups excluding carboxylic acids is 1. The summed E-state index contributed by atoms with van der Waals surface area (Å²) in [6.07, 6.45) is 2.55. The van der Waals surface area contributed by atoms with Crippen molar-refractivity contribution in [3.05, 3.63) is 12.7 Å². The number of hydrogen-bond donors (Lipinski definition) is 1. The number of nitrogens with one attached hydrogen (secondary N) is 1. The summed E-state index contributed by atoms with van der Waals surface area (Å²) in [6.45, 7) is 5.14. The molecule has 0 saturated heterocycles. The first-order valence-electron chi connectivity index (χ1n) is 3.19. The molecular weight excluding hydrogens is 150 g/mol. The molecule has 0 aliphatic heterocycles. The van der Waals surface area contributed by atoms with Gasteiger partial charge >= 0.3 is 0 Å². The Morgan fingerprint density at radius 2 is 2.60 bits per heavy atom. The van der Waals surface area contributed by atoms with E-state index >= 15 is 0 Å². The van der Waals surface area contributed by atoms with Crippen LogP contribution in [0, 0.1) is 5.92 Å². The molecule has 10 heavy (non-hydrogen) atoms. The van der Waals surface area contributed by atoms with Crippen LogP contribution < -0.4 is 4.84 Å². The molecule has 0 amide bonds.